The molecule has 0 aliphatic carbocycles. The number of nitrogens with one attached hydrogen (secondary N) is 2. The SMILES string of the molecule is Nc1cc(Cn2c(C(=O)NS(=O)(=O)c3ccc(O)cc3)c(-c3ccc[nH]c3=O)c3cc(Cl)ccc32)ccn1. The van der Waals surface area contributed by atoms with E-state index in [4.69, 9.17) is 17.3 Å². The molecular weight excluding hydrogens is 530 g/mol. The van der Waals surface area contributed by atoms with Gasteiger partial charge in [-0.05, 0) is 72.3 Å². The summed E-state index contributed by atoms with van der Waals surface area (Å²) < 4.78 is 29.9. The Bertz CT molecular complexity index is 1860. The molecule has 0 saturated carbocycles. The Hall–Kier alpha value is -4.61. The summed E-state index contributed by atoms with van der Waals surface area (Å²) in [7, 11) is -4.34. The van der Waals surface area contributed by atoms with E-state index in [2.05, 4.69) is 14.7 Å². The molecule has 0 bridgehead atoms. The number of nitrogens with zero attached hydrogens (tertiary/aromatic N) is 2. The van der Waals surface area contributed by atoms with E-state index in [-0.39, 0.29) is 39.8 Å². The highest BCUT2D eigenvalue weighted by Crippen LogP contribution is 2.36. The lowest BCUT2D eigenvalue weighted by Gasteiger charge is -2.13. The van der Waals surface area contributed by atoms with Crippen LogP contribution < -0.4 is 16.0 Å². The van der Waals surface area contributed by atoms with Crippen LogP contribution in [0.2, 0.25) is 5.02 Å². The van der Waals surface area contributed by atoms with Crippen molar-refractivity contribution in [2.45, 2.75) is 11.4 Å². The summed E-state index contributed by atoms with van der Waals surface area (Å²) in [6, 6.07) is 16.1. The zero-order valence-corrected chi connectivity index (χ0v) is 21.1. The van der Waals surface area contributed by atoms with Gasteiger partial charge in [0.1, 0.15) is 17.3 Å². The van der Waals surface area contributed by atoms with Crippen molar-refractivity contribution in [3.05, 3.63) is 106 Å². The third kappa shape index (κ3) is 4.72. The van der Waals surface area contributed by atoms with Crippen LogP contribution in [0.1, 0.15) is 16.1 Å². The third-order valence-electron chi connectivity index (χ3n) is 5.89. The van der Waals surface area contributed by atoms with Crippen LogP contribution in [0, 0.1) is 0 Å². The maximum Gasteiger partial charge on any atom is 0.282 e. The largest absolute Gasteiger partial charge is 0.508 e. The summed E-state index contributed by atoms with van der Waals surface area (Å²) in [4.78, 5) is 33.0. The number of aromatic nitrogens is 3. The molecule has 5 N–H and O–H groups in total. The number of halogens is 1. The number of sulfonamides is 1. The topological polar surface area (TPSA) is 160 Å². The van der Waals surface area contributed by atoms with Gasteiger partial charge in [-0.3, -0.25) is 9.59 Å². The summed E-state index contributed by atoms with van der Waals surface area (Å²) >= 11 is 6.30. The van der Waals surface area contributed by atoms with Crippen LogP contribution in [0.25, 0.3) is 22.0 Å². The molecule has 3 heterocycles. The van der Waals surface area contributed by atoms with Gasteiger partial charge in [0.25, 0.3) is 21.5 Å². The molecule has 5 aromatic rings. The average molecular weight is 550 g/mol. The van der Waals surface area contributed by atoms with Crippen molar-refractivity contribution in [1.29, 1.82) is 0 Å². The lowest BCUT2D eigenvalue weighted by Crippen LogP contribution is -2.32. The predicted octanol–water partition coefficient (Wildman–Crippen LogP) is 3.50. The first kappa shape index (κ1) is 25.1. The molecule has 12 heteroatoms. The van der Waals surface area contributed by atoms with Crippen LogP contribution in [-0.2, 0) is 16.6 Å². The van der Waals surface area contributed by atoms with Gasteiger partial charge in [0.05, 0.1) is 4.90 Å². The predicted molar refractivity (Wildman–Crippen MR) is 144 cm³/mol. The van der Waals surface area contributed by atoms with Gasteiger partial charge in [-0.2, -0.15) is 0 Å². The summed E-state index contributed by atoms with van der Waals surface area (Å²) in [5.74, 6) is -0.831. The number of hydrogen-bond donors (Lipinski definition) is 4. The molecule has 0 aliphatic heterocycles. The Morgan fingerprint density at radius 2 is 1.87 bits per heavy atom. The van der Waals surface area contributed by atoms with E-state index < -0.39 is 21.5 Å². The van der Waals surface area contributed by atoms with E-state index >= 15 is 0 Å². The number of fused-ring (bicyclic) bond motifs is 1. The van der Waals surface area contributed by atoms with Crippen molar-refractivity contribution in [2.24, 2.45) is 0 Å². The number of H-pyrrole nitrogens is 1. The summed E-state index contributed by atoms with van der Waals surface area (Å²) in [6.07, 6.45) is 2.97. The van der Waals surface area contributed by atoms with Gasteiger partial charge in [0.2, 0.25) is 0 Å². The highest BCUT2D eigenvalue weighted by molar-refractivity contribution is 7.90. The van der Waals surface area contributed by atoms with Crippen molar-refractivity contribution in [1.82, 2.24) is 19.3 Å². The number of amides is 1. The summed E-state index contributed by atoms with van der Waals surface area (Å²) in [5.41, 5.74) is 6.90. The van der Waals surface area contributed by atoms with E-state index in [9.17, 15) is 23.1 Å². The number of phenolic OH excluding ortho intramolecular Hbond substituents is 1. The number of pyridine rings is 2. The fourth-order valence-electron chi connectivity index (χ4n) is 4.25. The number of aromatic amines is 1. The van der Waals surface area contributed by atoms with E-state index in [1.54, 1.807) is 41.0 Å². The van der Waals surface area contributed by atoms with Gasteiger partial charge in [-0.1, -0.05) is 11.6 Å². The van der Waals surface area contributed by atoms with Crippen molar-refractivity contribution in [3.8, 4) is 16.9 Å². The highest BCUT2D eigenvalue weighted by atomic mass is 35.5. The number of carbonyl (C=O) groups excluding carboxylic acids is 1. The quantitative estimate of drug-likeness (QED) is 0.252. The summed E-state index contributed by atoms with van der Waals surface area (Å²) in [5, 5.41) is 10.4. The molecule has 1 amide bonds. The smallest absolute Gasteiger partial charge is 0.282 e. The van der Waals surface area contributed by atoms with E-state index in [0.29, 0.717) is 21.5 Å². The lowest BCUT2D eigenvalue weighted by molar-refractivity contribution is 0.0974. The van der Waals surface area contributed by atoms with Crippen LogP contribution >= 0.6 is 11.6 Å². The fraction of sp³-hybridized carbons (Fsp3) is 0.0385. The number of phenols is 1. The number of benzene rings is 2. The zero-order valence-electron chi connectivity index (χ0n) is 19.6. The fourth-order valence-corrected chi connectivity index (χ4v) is 5.37. The first-order valence-electron chi connectivity index (χ1n) is 11.2. The zero-order chi connectivity index (χ0) is 27.0. The van der Waals surface area contributed by atoms with Gasteiger partial charge >= 0.3 is 0 Å². The number of nitrogen functional groups attached to an aromatic ring is 1. The highest BCUT2D eigenvalue weighted by Gasteiger charge is 2.29. The number of carbonyl (C=O) groups is 1. The first-order valence-corrected chi connectivity index (χ1v) is 13.1. The molecule has 38 heavy (non-hydrogen) atoms. The maximum absolute atomic E-state index is 13.8. The molecule has 10 nitrogen and oxygen atoms in total. The van der Waals surface area contributed by atoms with Crippen LogP contribution in [0.5, 0.6) is 5.75 Å². The Morgan fingerprint density at radius 1 is 1.11 bits per heavy atom. The van der Waals surface area contributed by atoms with Gasteiger partial charge in [-0.25, -0.2) is 18.1 Å². The van der Waals surface area contributed by atoms with Crippen LogP contribution in [0.15, 0.2) is 88.8 Å². The molecule has 5 rings (SSSR count). The number of aromatic hydroxyl groups is 1. The molecule has 192 valence electrons. The van der Waals surface area contributed by atoms with E-state index in [1.165, 1.54) is 42.7 Å². The van der Waals surface area contributed by atoms with Crippen molar-refractivity contribution in [2.75, 3.05) is 5.73 Å². The van der Waals surface area contributed by atoms with Gasteiger partial charge < -0.3 is 20.4 Å². The molecule has 3 aromatic heterocycles. The molecule has 0 radical (unpaired) electrons. The third-order valence-corrected chi connectivity index (χ3v) is 7.47. The second kappa shape index (κ2) is 9.69. The Kier molecular flexibility index (Phi) is 6.39. The van der Waals surface area contributed by atoms with Crippen molar-refractivity contribution >= 4 is 44.3 Å². The molecule has 0 aliphatic rings. The second-order valence-electron chi connectivity index (χ2n) is 8.40. The normalized spacial score (nSPS) is 11.5. The lowest BCUT2D eigenvalue weighted by atomic mass is 10.0. The monoisotopic (exact) mass is 549 g/mol. The first-order chi connectivity index (χ1) is 18.1. The Balaban J connectivity index is 1.76. The minimum Gasteiger partial charge on any atom is -0.508 e. The molecule has 0 spiro atoms. The molecule has 0 fully saturated rings. The van der Waals surface area contributed by atoms with Gasteiger partial charge in [-0.15, -0.1) is 0 Å². The van der Waals surface area contributed by atoms with Crippen LogP contribution in [-0.4, -0.2) is 34.0 Å². The summed E-state index contributed by atoms with van der Waals surface area (Å²) in [6.45, 7) is 0.109. The molecular formula is C26H20ClN5O5S. The van der Waals surface area contributed by atoms with Crippen LogP contribution in [0.3, 0.4) is 0 Å². The number of nitrogens with two attached hydrogens (primary N) is 1. The van der Waals surface area contributed by atoms with Gasteiger partial charge in [0.15, 0.2) is 0 Å². The standard InChI is InChI=1S/C26H20ClN5O5S/c27-16-3-8-21-20(13-16)23(19-2-1-10-30-25(19)34)24(32(21)14-15-9-11-29-22(28)12-15)26(35)31-38(36,37)18-6-4-17(33)5-7-18/h1-13,33H,14H2,(H2,28,29)(H,30,34)(H,31,35). The Labute approximate surface area is 221 Å². The van der Waals surface area contributed by atoms with E-state index in [1.807, 2.05) is 0 Å². The Morgan fingerprint density at radius 3 is 2.58 bits per heavy atom. The average Bonchev–Trinajstić information content (AvgIpc) is 3.17. The van der Waals surface area contributed by atoms with E-state index in [0.717, 1.165) is 0 Å². The van der Waals surface area contributed by atoms with Crippen molar-refractivity contribution < 1.29 is 18.3 Å². The van der Waals surface area contributed by atoms with Crippen LogP contribution in [0.4, 0.5) is 5.82 Å². The minimum atomic E-state index is -4.34. The van der Waals surface area contributed by atoms with Crippen molar-refractivity contribution in [3.63, 3.8) is 0 Å². The minimum absolute atomic E-state index is 0.0725. The maximum atomic E-state index is 13.8. The number of anilines is 1. The molecule has 2 aromatic carbocycles. The number of hydrogen-bond acceptors (Lipinski definition) is 7. The second-order valence-corrected chi connectivity index (χ2v) is 10.5. The molecule has 0 saturated heterocycles. The molecule has 0 unspecified atom stereocenters. The van der Waals surface area contributed by atoms with Gasteiger partial charge in [0, 0.05) is 46.0 Å². The molecule has 0 atom stereocenters. The number of rotatable bonds is 6.